The van der Waals surface area contributed by atoms with Crippen LogP contribution >= 0.6 is 11.6 Å². The third-order valence-electron chi connectivity index (χ3n) is 4.47. The Morgan fingerprint density at radius 1 is 1.08 bits per heavy atom. The van der Waals surface area contributed by atoms with E-state index in [1.165, 1.54) is 0 Å². The van der Waals surface area contributed by atoms with Gasteiger partial charge in [0, 0.05) is 35.9 Å². The van der Waals surface area contributed by atoms with E-state index in [1.807, 2.05) is 37.4 Å². The van der Waals surface area contributed by atoms with Crippen LogP contribution in [0.25, 0.3) is 11.0 Å². The van der Waals surface area contributed by atoms with Crippen molar-refractivity contribution < 1.29 is 0 Å². The summed E-state index contributed by atoms with van der Waals surface area (Å²) in [6.07, 6.45) is 5.50. The van der Waals surface area contributed by atoms with Gasteiger partial charge in [-0.25, -0.2) is 15.0 Å². The zero-order valence-corrected chi connectivity index (χ0v) is 14.7. The number of nitrogens with zero attached hydrogens (tertiary/aromatic N) is 5. The van der Waals surface area contributed by atoms with E-state index in [1.54, 1.807) is 6.33 Å². The fourth-order valence-corrected chi connectivity index (χ4v) is 3.29. The first-order valence-electron chi connectivity index (χ1n) is 8.40. The van der Waals surface area contributed by atoms with Crippen molar-refractivity contribution in [2.75, 3.05) is 23.3 Å². The van der Waals surface area contributed by atoms with Gasteiger partial charge in [-0.1, -0.05) is 11.6 Å². The molecule has 0 aliphatic carbocycles. The van der Waals surface area contributed by atoms with Crippen LogP contribution < -0.4 is 10.2 Å². The minimum absolute atomic E-state index is 0.415. The fraction of sp³-hybridized carbons (Fsp3) is 0.333. The molecule has 1 aliphatic rings. The van der Waals surface area contributed by atoms with E-state index in [-0.39, 0.29) is 0 Å². The second-order valence-electron chi connectivity index (χ2n) is 6.31. The van der Waals surface area contributed by atoms with Gasteiger partial charge in [0.2, 0.25) is 0 Å². The minimum Gasteiger partial charge on any atom is -0.367 e. The molecule has 0 radical (unpaired) electrons. The lowest BCUT2D eigenvalue weighted by Crippen LogP contribution is -2.39. The van der Waals surface area contributed by atoms with Gasteiger partial charge in [-0.05, 0) is 38.0 Å². The summed E-state index contributed by atoms with van der Waals surface area (Å²) in [6, 6.07) is 8.00. The number of hydrogen-bond acceptors (Lipinski definition) is 6. The number of rotatable bonds is 3. The predicted octanol–water partition coefficient (Wildman–Crippen LogP) is 3.46. The summed E-state index contributed by atoms with van der Waals surface area (Å²) < 4.78 is 0. The third kappa shape index (κ3) is 3.64. The molecule has 1 fully saturated rings. The Morgan fingerprint density at radius 3 is 2.72 bits per heavy atom. The Hall–Kier alpha value is -2.47. The number of anilines is 2. The highest BCUT2D eigenvalue weighted by Crippen LogP contribution is 2.23. The van der Waals surface area contributed by atoms with E-state index in [0.29, 0.717) is 11.1 Å². The van der Waals surface area contributed by atoms with Gasteiger partial charge in [0.05, 0.1) is 17.2 Å². The molecule has 128 valence electrons. The highest BCUT2D eigenvalue weighted by atomic mass is 35.5. The molecule has 0 amide bonds. The smallest absolute Gasteiger partial charge is 0.147 e. The summed E-state index contributed by atoms with van der Waals surface area (Å²) >= 11 is 6.01. The average molecular weight is 355 g/mol. The Labute approximate surface area is 151 Å². The normalized spacial score (nSPS) is 15.5. The van der Waals surface area contributed by atoms with E-state index in [0.717, 1.165) is 54.3 Å². The lowest BCUT2D eigenvalue weighted by molar-refractivity contribution is 0.522. The lowest BCUT2D eigenvalue weighted by Gasteiger charge is -2.33. The summed E-state index contributed by atoms with van der Waals surface area (Å²) in [4.78, 5) is 19.9. The van der Waals surface area contributed by atoms with Crippen molar-refractivity contribution in [1.29, 1.82) is 0 Å². The fourth-order valence-electron chi connectivity index (χ4n) is 3.12. The summed E-state index contributed by atoms with van der Waals surface area (Å²) in [5.74, 6) is 1.82. The van der Waals surface area contributed by atoms with Gasteiger partial charge < -0.3 is 10.2 Å². The van der Waals surface area contributed by atoms with Gasteiger partial charge in [0.25, 0.3) is 0 Å². The van der Waals surface area contributed by atoms with Gasteiger partial charge >= 0.3 is 0 Å². The maximum absolute atomic E-state index is 6.01. The number of aromatic nitrogens is 4. The second-order valence-corrected chi connectivity index (χ2v) is 6.75. The van der Waals surface area contributed by atoms with Crippen LogP contribution in [0.3, 0.4) is 0 Å². The molecule has 1 saturated heterocycles. The van der Waals surface area contributed by atoms with Crippen LogP contribution in [0.15, 0.2) is 36.8 Å². The number of hydrogen-bond donors (Lipinski definition) is 1. The maximum atomic E-state index is 6.01. The predicted molar refractivity (Wildman–Crippen MR) is 100 cm³/mol. The summed E-state index contributed by atoms with van der Waals surface area (Å²) in [7, 11) is 0. The summed E-state index contributed by atoms with van der Waals surface area (Å²) in [5, 5.41) is 4.18. The molecular formula is C18H19ClN6. The molecule has 0 unspecified atom stereocenters. The first-order chi connectivity index (χ1) is 12.2. The lowest BCUT2D eigenvalue weighted by atomic mass is 10.1. The van der Waals surface area contributed by atoms with Crippen LogP contribution in [-0.2, 0) is 0 Å². The average Bonchev–Trinajstić information content (AvgIpc) is 2.62. The number of halogens is 1. The van der Waals surface area contributed by atoms with Gasteiger partial charge in [-0.15, -0.1) is 0 Å². The van der Waals surface area contributed by atoms with Crippen LogP contribution in [0.1, 0.15) is 18.5 Å². The van der Waals surface area contributed by atoms with Crippen molar-refractivity contribution in [2.24, 2.45) is 0 Å². The van der Waals surface area contributed by atoms with Crippen LogP contribution in [-0.4, -0.2) is 39.1 Å². The molecule has 0 atom stereocenters. The van der Waals surface area contributed by atoms with E-state index in [9.17, 15) is 0 Å². The number of piperidine rings is 1. The van der Waals surface area contributed by atoms with E-state index >= 15 is 0 Å². The van der Waals surface area contributed by atoms with Crippen molar-refractivity contribution in [1.82, 2.24) is 19.9 Å². The van der Waals surface area contributed by atoms with Crippen LogP contribution in [0.2, 0.25) is 5.02 Å². The summed E-state index contributed by atoms with van der Waals surface area (Å²) in [6.45, 7) is 3.85. The first-order valence-corrected chi connectivity index (χ1v) is 8.77. The SMILES string of the molecule is Cc1cc(NC2CCN(c3cnc4cc(Cl)ccc4n3)CC2)ncn1. The van der Waals surface area contributed by atoms with Crippen molar-refractivity contribution in [3.63, 3.8) is 0 Å². The van der Waals surface area contributed by atoms with Crippen molar-refractivity contribution >= 4 is 34.3 Å². The maximum Gasteiger partial charge on any atom is 0.147 e. The molecule has 25 heavy (non-hydrogen) atoms. The van der Waals surface area contributed by atoms with Crippen LogP contribution in [0.4, 0.5) is 11.6 Å². The van der Waals surface area contributed by atoms with Gasteiger partial charge in [0.15, 0.2) is 0 Å². The molecule has 7 heteroatoms. The molecule has 6 nitrogen and oxygen atoms in total. The molecule has 1 aliphatic heterocycles. The highest BCUT2D eigenvalue weighted by Gasteiger charge is 2.21. The molecule has 2 aromatic heterocycles. The first kappa shape index (κ1) is 16.0. The largest absolute Gasteiger partial charge is 0.367 e. The molecule has 4 rings (SSSR count). The summed E-state index contributed by atoms with van der Waals surface area (Å²) in [5.41, 5.74) is 2.67. The van der Waals surface area contributed by atoms with Crippen molar-refractivity contribution in [3.8, 4) is 0 Å². The van der Waals surface area contributed by atoms with Crippen LogP contribution in [0, 0.1) is 6.92 Å². The minimum atomic E-state index is 0.415. The molecule has 1 N–H and O–H groups in total. The van der Waals surface area contributed by atoms with Gasteiger partial charge in [-0.3, -0.25) is 4.98 Å². The van der Waals surface area contributed by atoms with Gasteiger partial charge in [-0.2, -0.15) is 0 Å². The Morgan fingerprint density at radius 2 is 1.92 bits per heavy atom. The molecule has 0 spiro atoms. The molecule has 3 aromatic rings. The number of nitrogens with one attached hydrogen (secondary N) is 1. The Balaban J connectivity index is 1.42. The molecule has 0 bridgehead atoms. The Kier molecular flexibility index (Phi) is 4.36. The molecule has 3 heterocycles. The van der Waals surface area contributed by atoms with E-state index < -0.39 is 0 Å². The third-order valence-corrected chi connectivity index (χ3v) is 4.70. The van der Waals surface area contributed by atoms with Gasteiger partial charge in [0.1, 0.15) is 18.0 Å². The zero-order valence-electron chi connectivity index (χ0n) is 14.0. The number of benzene rings is 1. The molecule has 0 saturated carbocycles. The van der Waals surface area contributed by atoms with E-state index in [4.69, 9.17) is 16.6 Å². The monoisotopic (exact) mass is 354 g/mol. The topological polar surface area (TPSA) is 66.8 Å². The standard InChI is InChI=1S/C18H19ClN6/c1-12-8-17(22-11-21-12)23-14-4-6-25(7-5-14)18-10-20-16-9-13(19)2-3-15(16)24-18/h2-3,8-11,14H,4-7H2,1H3,(H,21,22,23). The second kappa shape index (κ2) is 6.80. The number of fused-ring (bicyclic) bond motifs is 1. The molecular weight excluding hydrogens is 336 g/mol. The highest BCUT2D eigenvalue weighted by molar-refractivity contribution is 6.31. The quantitative estimate of drug-likeness (QED) is 0.777. The van der Waals surface area contributed by atoms with Crippen molar-refractivity contribution in [3.05, 3.63) is 47.5 Å². The molecule has 1 aromatic carbocycles. The van der Waals surface area contributed by atoms with E-state index in [2.05, 4.69) is 25.2 Å². The van der Waals surface area contributed by atoms with Crippen LogP contribution in [0.5, 0.6) is 0 Å². The van der Waals surface area contributed by atoms with Crippen molar-refractivity contribution in [2.45, 2.75) is 25.8 Å². The number of aryl methyl sites for hydroxylation is 1. The zero-order chi connectivity index (χ0) is 17.2. The Bertz CT molecular complexity index is 892.